The van der Waals surface area contributed by atoms with Crippen molar-refractivity contribution in [1.82, 2.24) is 14.9 Å². The van der Waals surface area contributed by atoms with Crippen molar-refractivity contribution in [2.45, 2.75) is 45.8 Å². The van der Waals surface area contributed by atoms with E-state index < -0.39 is 5.60 Å². The van der Waals surface area contributed by atoms with E-state index in [2.05, 4.69) is 45.1 Å². The monoisotopic (exact) mass is 450 g/mol. The number of carbonyl (C=O) groups excluding carboxylic acids is 1. The van der Waals surface area contributed by atoms with E-state index in [1.54, 1.807) is 7.11 Å². The maximum absolute atomic E-state index is 12.1. The number of rotatable bonds is 6. The van der Waals surface area contributed by atoms with Crippen LogP contribution in [0.15, 0.2) is 48.5 Å². The molecule has 1 fully saturated rings. The number of hydrogen-bond donors (Lipinski definition) is 1. The van der Waals surface area contributed by atoms with Crippen LogP contribution in [-0.2, 0) is 11.3 Å². The van der Waals surface area contributed by atoms with Crippen molar-refractivity contribution in [1.29, 1.82) is 0 Å². The molecule has 7 nitrogen and oxygen atoms in total. The lowest BCUT2D eigenvalue weighted by Gasteiger charge is -2.34. The van der Waals surface area contributed by atoms with Crippen LogP contribution in [-0.4, -0.2) is 48.0 Å². The maximum atomic E-state index is 12.1. The number of imidazole rings is 1. The topological polar surface area (TPSA) is 68.6 Å². The Balaban J connectivity index is 1.52. The van der Waals surface area contributed by atoms with Gasteiger partial charge in [-0.1, -0.05) is 24.3 Å². The van der Waals surface area contributed by atoms with Crippen LogP contribution in [0.25, 0.3) is 11.0 Å². The van der Waals surface area contributed by atoms with E-state index in [0.29, 0.717) is 12.5 Å². The Morgan fingerprint density at radius 1 is 1.15 bits per heavy atom. The average molecular weight is 451 g/mol. The summed E-state index contributed by atoms with van der Waals surface area (Å²) in [6.45, 7) is 8.77. The molecule has 1 aliphatic heterocycles. The molecular formula is C26H34N4O3. The van der Waals surface area contributed by atoms with Crippen LogP contribution in [0.4, 0.5) is 10.7 Å². The Kier molecular flexibility index (Phi) is 6.77. The van der Waals surface area contributed by atoms with Crippen molar-refractivity contribution < 1.29 is 14.3 Å². The highest BCUT2D eigenvalue weighted by atomic mass is 16.6. The Morgan fingerprint density at radius 3 is 2.64 bits per heavy atom. The number of nitrogens with one attached hydrogen (secondary N) is 1. The fourth-order valence-corrected chi connectivity index (χ4v) is 4.33. The summed E-state index contributed by atoms with van der Waals surface area (Å²) >= 11 is 0. The van der Waals surface area contributed by atoms with Crippen LogP contribution in [0, 0.1) is 5.92 Å². The molecule has 0 unspecified atom stereocenters. The molecule has 4 rings (SSSR count). The third-order valence-corrected chi connectivity index (χ3v) is 5.87. The summed E-state index contributed by atoms with van der Waals surface area (Å²) in [6.07, 6.45) is 1.78. The Labute approximate surface area is 195 Å². The highest BCUT2D eigenvalue weighted by Gasteiger charge is 2.25. The molecule has 0 bridgehead atoms. The molecule has 1 N–H and O–H groups in total. The van der Waals surface area contributed by atoms with Crippen molar-refractivity contribution >= 4 is 23.1 Å². The van der Waals surface area contributed by atoms with E-state index in [9.17, 15) is 4.79 Å². The van der Waals surface area contributed by atoms with E-state index >= 15 is 0 Å². The van der Waals surface area contributed by atoms with E-state index in [1.807, 2.05) is 39.0 Å². The number of ether oxygens (including phenoxy) is 2. The molecule has 2 heterocycles. The van der Waals surface area contributed by atoms with E-state index in [4.69, 9.17) is 14.5 Å². The predicted octanol–water partition coefficient (Wildman–Crippen LogP) is 4.83. The molecule has 0 saturated carbocycles. The van der Waals surface area contributed by atoms with Gasteiger partial charge in [-0.05, 0) is 69.4 Å². The SMILES string of the molecule is COc1ccc(Cn2c(N3CCC[C@@H](CNC(=O)OC(C)(C)C)C3)nc3ccccc32)cc1. The molecule has 2 aromatic carbocycles. The van der Waals surface area contributed by atoms with Gasteiger partial charge in [0.05, 0.1) is 24.7 Å². The zero-order chi connectivity index (χ0) is 23.4. The minimum absolute atomic E-state index is 0.348. The van der Waals surface area contributed by atoms with Gasteiger partial charge >= 0.3 is 6.09 Å². The van der Waals surface area contributed by atoms with Gasteiger partial charge in [0.25, 0.3) is 0 Å². The quantitative estimate of drug-likeness (QED) is 0.582. The largest absolute Gasteiger partial charge is 0.497 e. The molecule has 0 spiro atoms. The predicted molar refractivity (Wildman–Crippen MR) is 131 cm³/mol. The summed E-state index contributed by atoms with van der Waals surface area (Å²) in [5, 5.41) is 2.95. The van der Waals surface area contributed by atoms with E-state index in [0.717, 1.165) is 55.2 Å². The summed E-state index contributed by atoms with van der Waals surface area (Å²) in [5.41, 5.74) is 2.82. The van der Waals surface area contributed by atoms with Crippen LogP contribution in [0.5, 0.6) is 5.75 Å². The second kappa shape index (κ2) is 9.73. The smallest absolute Gasteiger partial charge is 0.407 e. The molecule has 7 heteroatoms. The first kappa shape index (κ1) is 23.0. The molecule has 1 saturated heterocycles. The Hall–Kier alpha value is -3.22. The number of alkyl carbamates (subject to hydrolysis) is 1. The fraction of sp³-hybridized carbons (Fsp3) is 0.462. The highest BCUT2D eigenvalue weighted by molar-refractivity contribution is 5.79. The first-order valence-electron chi connectivity index (χ1n) is 11.6. The lowest BCUT2D eigenvalue weighted by atomic mass is 9.98. The minimum Gasteiger partial charge on any atom is -0.497 e. The Morgan fingerprint density at radius 2 is 1.91 bits per heavy atom. The molecule has 176 valence electrons. The minimum atomic E-state index is -0.491. The van der Waals surface area contributed by atoms with Crippen LogP contribution in [0.1, 0.15) is 39.2 Å². The van der Waals surface area contributed by atoms with Gasteiger partial charge in [-0.3, -0.25) is 0 Å². The number of para-hydroxylation sites is 2. The van der Waals surface area contributed by atoms with Crippen LogP contribution in [0.3, 0.4) is 0 Å². The molecule has 1 aromatic heterocycles. The molecule has 3 aromatic rings. The second-order valence-electron chi connectivity index (χ2n) is 9.67. The van der Waals surface area contributed by atoms with Gasteiger partial charge in [0.15, 0.2) is 0 Å². The van der Waals surface area contributed by atoms with Gasteiger partial charge < -0.3 is 24.3 Å². The summed E-state index contributed by atoms with van der Waals surface area (Å²) in [5.74, 6) is 2.18. The summed E-state index contributed by atoms with van der Waals surface area (Å²) in [4.78, 5) is 19.5. The maximum Gasteiger partial charge on any atom is 0.407 e. The molecule has 1 amide bonds. The summed E-state index contributed by atoms with van der Waals surface area (Å²) in [7, 11) is 1.68. The number of fused-ring (bicyclic) bond motifs is 1. The van der Waals surface area contributed by atoms with Crippen LogP contribution >= 0.6 is 0 Å². The molecule has 0 aliphatic carbocycles. The molecular weight excluding hydrogens is 416 g/mol. The van der Waals surface area contributed by atoms with E-state index in [1.165, 1.54) is 5.56 Å². The summed E-state index contributed by atoms with van der Waals surface area (Å²) < 4.78 is 13.0. The fourth-order valence-electron chi connectivity index (χ4n) is 4.33. The number of nitrogens with zero attached hydrogens (tertiary/aromatic N) is 3. The zero-order valence-electron chi connectivity index (χ0n) is 20.0. The number of anilines is 1. The lowest BCUT2D eigenvalue weighted by molar-refractivity contribution is 0.0517. The molecule has 33 heavy (non-hydrogen) atoms. The zero-order valence-corrected chi connectivity index (χ0v) is 20.0. The molecule has 1 aliphatic rings. The highest BCUT2D eigenvalue weighted by Crippen LogP contribution is 2.28. The first-order chi connectivity index (χ1) is 15.8. The van der Waals surface area contributed by atoms with Crippen molar-refractivity contribution in [2.75, 3.05) is 31.6 Å². The lowest BCUT2D eigenvalue weighted by Crippen LogP contribution is -2.43. The molecule has 1 atom stereocenters. The van der Waals surface area contributed by atoms with Gasteiger partial charge in [-0.25, -0.2) is 9.78 Å². The van der Waals surface area contributed by atoms with Gasteiger partial charge in [0.1, 0.15) is 11.4 Å². The third-order valence-electron chi connectivity index (χ3n) is 5.87. The van der Waals surface area contributed by atoms with Crippen molar-refractivity contribution in [2.24, 2.45) is 5.92 Å². The Bertz CT molecular complexity index is 1090. The van der Waals surface area contributed by atoms with Gasteiger partial charge in [-0.15, -0.1) is 0 Å². The van der Waals surface area contributed by atoms with Crippen LogP contribution in [0.2, 0.25) is 0 Å². The number of amides is 1. The first-order valence-corrected chi connectivity index (χ1v) is 11.6. The van der Waals surface area contributed by atoms with Crippen molar-refractivity contribution in [3.63, 3.8) is 0 Å². The number of carbonyl (C=O) groups is 1. The van der Waals surface area contributed by atoms with Crippen molar-refractivity contribution in [3.05, 3.63) is 54.1 Å². The standard InChI is InChI=1S/C26H34N4O3/c1-26(2,3)33-25(31)27-16-20-8-7-15-29(17-20)24-28-22-9-5-6-10-23(22)30(24)18-19-11-13-21(32-4)14-12-19/h5-6,9-14,20H,7-8,15-18H2,1-4H3,(H,27,31)/t20-/m0/s1. The van der Waals surface area contributed by atoms with E-state index in [-0.39, 0.29) is 6.09 Å². The van der Waals surface area contributed by atoms with Gasteiger partial charge in [0.2, 0.25) is 5.95 Å². The second-order valence-corrected chi connectivity index (χ2v) is 9.67. The molecule has 0 radical (unpaired) electrons. The summed E-state index contributed by atoms with van der Waals surface area (Å²) in [6, 6.07) is 16.5. The third kappa shape index (κ3) is 5.78. The number of hydrogen-bond acceptors (Lipinski definition) is 5. The number of piperidine rings is 1. The van der Waals surface area contributed by atoms with Gasteiger partial charge in [0, 0.05) is 19.6 Å². The van der Waals surface area contributed by atoms with Crippen molar-refractivity contribution in [3.8, 4) is 5.75 Å². The number of benzene rings is 2. The normalized spacial score (nSPS) is 16.6. The average Bonchev–Trinajstić information content (AvgIpc) is 3.16. The van der Waals surface area contributed by atoms with Gasteiger partial charge in [-0.2, -0.15) is 0 Å². The van der Waals surface area contributed by atoms with Crippen LogP contribution < -0.4 is 15.0 Å². The number of methoxy groups -OCH3 is 1. The number of aromatic nitrogens is 2.